The fourth-order valence-corrected chi connectivity index (χ4v) is 3.75. The first kappa shape index (κ1) is 18.0. The molecule has 0 unspecified atom stereocenters. The van der Waals surface area contributed by atoms with Crippen molar-refractivity contribution in [2.45, 2.75) is 25.2 Å². The molecule has 30 heavy (non-hydrogen) atoms. The summed E-state index contributed by atoms with van der Waals surface area (Å²) in [6.45, 7) is 4.08. The second-order valence-electron chi connectivity index (χ2n) is 7.25. The standard InChI is InChI=1S/C21H21N9/c1-20(27-14-4-10-22-27,28-15-5-11-23-28)18-8-3-9-19(26-18)21(2,29-16-6-12-24-29)30-17-7-13-25-30/h3-17H,1-2H3. The Morgan fingerprint density at radius 3 is 1.13 bits per heavy atom. The van der Waals surface area contributed by atoms with Crippen molar-refractivity contribution < 1.29 is 0 Å². The molecule has 0 saturated heterocycles. The summed E-state index contributed by atoms with van der Waals surface area (Å²) < 4.78 is 7.41. The third-order valence-electron chi connectivity index (χ3n) is 5.52. The molecule has 0 aromatic carbocycles. The van der Waals surface area contributed by atoms with E-state index in [1.165, 1.54) is 0 Å². The van der Waals surface area contributed by atoms with Crippen LogP contribution in [0, 0.1) is 0 Å². The van der Waals surface area contributed by atoms with Crippen LogP contribution in [0.1, 0.15) is 25.2 Å². The SMILES string of the molecule is CC(c1cccc(C(C)(n2cccn2)n2cccn2)n1)(n1cccn1)n1cccn1. The summed E-state index contributed by atoms with van der Waals surface area (Å²) in [6, 6.07) is 13.5. The van der Waals surface area contributed by atoms with Crippen molar-refractivity contribution in [2.24, 2.45) is 0 Å². The molecule has 5 heterocycles. The van der Waals surface area contributed by atoms with Crippen LogP contribution in [0.4, 0.5) is 0 Å². The van der Waals surface area contributed by atoms with Gasteiger partial charge in [0, 0.05) is 49.6 Å². The first-order valence-electron chi connectivity index (χ1n) is 9.62. The minimum Gasteiger partial charge on any atom is -0.249 e. The Balaban J connectivity index is 1.72. The van der Waals surface area contributed by atoms with Crippen LogP contribution in [0.25, 0.3) is 0 Å². The summed E-state index contributed by atoms with van der Waals surface area (Å²) in [4.78, 5) is 5.10. The van der Waals surface area contributed by atoms with Gasteiger partial charge in [0.05, 0.1) is 11.4 Å². The molecule has 5 rings (SSSR count). The molecule has 0 saturated carbocycles. The van der Waals surface area contributed by atoms with Gasteiger partial charge in [-0.05, 0) is 50.2 Å². The Morgan fingerprint density at radius 1 is 0.533 bits per heavy atom. The van der Waals surface area contributed by atoms with Crippen molar-refractivity contribution in [1.82, 2.24) is 44.1 Å². The molecule has 0 spiro atoms. The fourth-order valence-electron chi connectivity index (χ4n) is 3.75. The molecule has 0 N–H and O–H groups in total. The Kier molecular flexibility index (Phi) is 4.09. The molecular weight excluding hydrogens is 378 g/mol. The number of nitrogens with zero attached hydrogens (tertiary/aromatic N) is 9. The van der Waals surface area contributed by atoms with Crippen molar-refractivity contribution in [2.75, 3.05) is 0 Å². The predicted octanol–water partition coefficient (Wildman–Crippen LogP) is 2.41. The van der Waals surface area contributed by atoms with Gasteiger partial charge in [0.2, 0.25) is 0 Å². The van der Waals surface area contributed by atoms with Crippen molar-refractivity contribution in [3.05, 3.63) is 103 Å². The van der Waals surface area contributed by atoms with Crippen LogP contribution in [0.5, 0.6) is 0 Å². The van der Waals surface area contributed by atoms with E-state index in [0.29, 0.717) is 0 Å². The Bertz CT molecular complexity index is 1040. The summed E-state index contributed by atoms with van der Waals surface area (Å²) in [5.41, 5.74) is 0.0758. The monoisotopic (exact) mass is 399 g/mol. The van der Waals surface area contributed by atoms with E-state index in [-0.39, 0.29) is 0 Å². The van der Waals surface area contributed by atoms with Crippen LogP contribution in [-0.2, 0) is 11.3 Å². The highest BCUT2D eigenvalue weighted by atomic mass is 15.5. The fraction of sp³-hybridized carbons (Fsp3) is 0.190. The predicted molar refractivity (Wildman–Crippen MR) is 109 cm³/mol. The van der Waals surface area contributed by atoms with Crippen molar-refractivity contribution >= 4 is 0 Å². The molecule has 150 valence electrons. The molecule has 0 bridgehead atoms. The second-order valence-corrected chi connectivity index (χ2v) is 7.25. The van der Waals surface area contributed by atoms with Crippen LogP contribution in [0.15, 0.2) is 92.0 Å². The average molecular weight is 399 g/mol. The number of pyridine rings is 1. The van der Waals surface area contributed by atoms with Crippen LogP contribution in [0.2, 0.25) is 0 Å². The van der Waals surface area contributed by atoms with Crippen molar-refractivity contribution in [3.8, 4) is 0 Å². The first-order chi connectivity index (χ1) is 14.6. The molecule has 0 atom stereocenters. The van der Waals surface area contributed by atoms with Gasteiger partial charge >= 0.3 is 0 Å². The van der Waals surface area contributed by atoms with Gasteiger partial charge in [-0.1, -0.05) is 6.07 Å². The van der Waals surface area contributed by atoms with E-state index >= 15 is 0 Å². The summed E-state index contributed by atoms with van der Waals surface area (Å²) in [6.07, 6.45) is 14.7. The van der Waals surface area contributed by atoms with Crippen LogP contribution >= 0.6 is 0 Å². The maximum Gasteiger partial charge on any atom is 0.193 e. The van der Waals surface area contributed by atoms with E-state index in [1.807, 2.05) is 99.8 Å². The molecule has 0 aliphatic rings. The molecule has 0 aliphatic carbocycles. The van der Waals surface area contributed by atoms with Gasteiger partial charge in [-0.25, -0.2) is 23.7 Å². The molecule has 0 fully saturated rings. The highest BCUT2D eigenvalue weighted by Gasteiger charge is 2.38. The summed E-state index contributed by atoms with van der Waals surface area (Å²) in [7, 11) is 0. The zero-order valence-electron chi connectivity index (χ0n) is 16.7. The number of hydrogen-bond acceptors (Lipinski definition) is 5. The highest BCUT2D eigenvalue weighted by Crippen LogP contribution is 2.30. The number of hydrogen-bond donors (Lipinski definition) is 0. The lowest BCUT2D eigenvalue weighted by Crippen LogP contribution is -2.44. The van der Waals surface area contributed by atoms with Crippen LogP contribution in [0.3, 0.4) is 0 Å². The minimum absolute atomic E-state index is 0.752. The van der Waals surface area contributed by atoms with Gasteiger partial charge < -0.3 is 0 Å². The summed E-state index contributed by atoms with van der Waals surface area (Å²) >= 11 is 0. The third kappa shape index (κ3) is 2.59. The van der Waals surface area contributed by atoms with E-state index in [4.69, 9.17) is 4.98 Å². The van der Waals surface area contributed by atoms with E-state index < -0.39 is 11.3 Å². The van der Waals surface area contributed by atoms with Crippen LogP contribution in [-0.4, -0.2) is 44.1 Å². The largest absolute Gasteiger partial charge is 0.249 e. The summed E-state index contributed by atoms with van der Waals surface area (Å²) in [5, 5.41) is 18.0. The van der Waals surface area contributed by atoms with E-state index in [2.05, 4.69) is 20.4 Å². The molecule has 0 amide bonds. The lowest BCUT2D eigenvalue weighted by Gasteiger charge is -2.33. The molecule has 9 nitrogen and oxygen atoms in total. The van der Waals surface area contributed by atoms with Gasteiger partial charge in [-0.2, -0.15) is 20.4 Å². The Labute approximate surface area is 173 Å². The van der Waals surface area contributed by atoms with Gasteiger partial charge in [0.15, 0.2) is 11.3 Å². The molecule has 5 aromatic rings. The quantitative estimate of drug-likeness (QED) is 0.438. The maximum atomic E-state index is 5.10. The third-order valence-corrected chi connectivity index (χ3v) is 5.52. The van der Waals surface area contributed by atoms with Crippen LogP contribution < -0.4 is 0 Å². The maximum absolute atomic E-state index is 5.10. The topological polar surface area (TPSA) is 84.2 Å². The average Bonchev–Trinajstić information content (AvgIpc) is 3.61. The zero-order valence-corrected chi connectivity index (χ0v) is 16.7. The normalized spacial score (nSPS) is 12.3. The smallest absolute Gasteiger partial charge is 0.193 e. The molecule has 0 radical (unpaired) electrons. The van der Waals surface area contributed by atoms with Gasteiger partial charge in [-0.15, -0.1) is 0 Å². The second kappa shape index (κ2) is 6.80. The van der Waals surface area contributed by atoms with E-state index in [0.717, 1.165) is 11.4 Å². The number of aromatic nitrogens is 9. The lowest BCUT2D eigenvalue weighted by atomic mass is 10.0. The van der Waals surface area contributed by atoms with Gasteiger partial charge in [-0.3, -0.25) is 0 Å². The molecular formula is C21H21N9. The zero-order chi connectivity index (χ0) is 20.6. The molecule has 5 aromatic heterocycles. The van der Waals surface area contributed by atoms with Gasteiger partial charge in [0.25, 0.3) is 0 Å². The highest BCUT2D eigenvalue weighted by molar-refractivity contribution is 5.25. The Morgan fingerprint density at radius 2 is 0.867 bits per heavy atom. The summed E-state index contributed by atoms with van der Waals surface area (Å²) in [5.74, 6) is 0. The lowest BCUT2D eigenvalue weighted by molar-refractivity contribution is 0.241. The Hall–Kier alpha value is -4.01. The van der Waals surface area contributed by atoms with E-state index in [1.54, 1.807) is 24.8 Å². The molecule has 0 aliphatic heterocycles. The van der Waals surface area contributed by atoms with Gasteiger partial charge in [0.1, 0.15) is 0 Å². The minimum atomic E-state index is -0.752. The number of rotatable bonds is 6. The molecule has 9 heteroatoms. The van der Waals surface area contributed by atoms with Crippen molar-refractivity contribution in [3.63, 3.8) is 0 Å². The van der Waals surface area contributed by atoms with Crippen molar-refractivity contribution in [1.29, 1.82) is 0 Å². The van der Waals surface area contributed by atoms with E-state index in [9.17, 15) is 0 Å². The first-order valence-corrected chi connectivity index (χ1v) is 9.62.